The van der Waals surface area contributed by atoms with Crippen molar-refractivity contribution in [3.05, 3.63) is 54.2 Å². The van der Waals surface area contributed by atoms with Crippen LogP contribution in [0.5, 0.6) is 0 Å². The fourth-order valence-electron chi connectivity index (χ4n) is 2.85. The quantitative estimate of drug-likeness (QED) is 0.641. The molecule has 1 aromatic heterocycles. The third kappa shape index (κ3) is 4.07. The number of carbonyl (C=O) groups is 1. The Kier molecular flexibility index (Phi) is 5.11. The van der Waals surface area contributed by atoms with Crippen LogP contribution in [0, 0.1) is 6.92 Å². The minimum atomic E-state index is -3.74. The van der Waals surface area contributed by atoms with Gasteiger partial charge in [-0.05, 0) is 54.1 Å². The van der Waals surface area contributed by atoms with Gasteiger partial charge >= 0.3 is 6.03 Å². The number of rotatable bonds is 4. The largest absolute Gasteiger partial charge is 0.338 e. The Bertz CT molecular complexity index is 1110. The van der Waals surface area contributed by atoms with Crippen LogP contribution in [0.15, 0.2) is 53.6 Å². The molecule has 0 saturated carbocycles. The molecule has 2 amide bonds. The van der Waals surface area contributed by atoms with Gasteiger partial charge in [-0.25, -0.2) is 23.3 Å². The summed E-state index contributed by atoms with van der Waals surface area (Å²) in [6.07, 6.45) is 1.72. The summed E-state index contributed by atoms with van der Waals surface area (Å²) in [4.78, 5) is 16.1. The van der Waals surface area contributed by atoms with Gasteiger partial charge in [0.1, 0.15) is 5.82 Å². The fraction of sp³-hybridized carbons (Fsp3) is 0.158. The second-order valence-electron chi connectivity index (χ2n) is 6.10. The number of hydrogen-bond acceptors (Lipinski definition) is 4. The molecular weight excluding hydrogens is 364 g/mol. The van der Waals surface area contributed by atoms with Gasteiger partial charge in [0.05, 0.1) is 4.90 Å². The Hall–Kier alpha value is -2.97. The van der Waals surface area contributed by atoms with Crippen molar-refractivity contribution in [3.63, 3.8) is 0 Å². The molecule has 3 aromatic rings. The standard InChI is InChI=1S/C19H20N4O3S/c1-3-21-19(24)23-18-10-16-15(9-4-12(2)17(16)11-22-18)13-5-7-14(8-6-13)27(20,25)26/h4-11H,3H2,1-2H3,(H2,20,25,26)(H2,21,22,23,24). The summed E-state index contributed by atoms with van der Waals surface area (Å²) < 4.78 is 22.9. The number of pyridine rings is 1. The van der Waals surface area contributed by atoms with Crippen LogP contribution in [-0.2, 0) is 10.0 Å². The summed E-state index contributed by atoms with van der Waals surface area (Å²) in [5, 5.41) is 12.4. The van der Waals surface area contributed by atoms with Gasteiger partial charge in [0, 0.05) is 18.1 Å². The minimum Gasteiger partial charge on any atom is -0.338 e. The minimum absolute atomic E-state index is 0.0583. The highest BCUT2D eigenvalue weighted by molar-refractivity contribution is 7.89. The summed E-state index contributed by atoms with van der Waals surface area (Å²) in [6, 6.07) is 11.8. The molecule has 140 valence electrons. The number of hydrogen-bond donors (Lipinski definition) is 3. The zero-order valence-corrected chi connectivity index (χ0v) is 15.8. The number of aryl methyl sites for hydroxylation is 1. The first-order chi connectivity index (χ1) is 12.8. The van der Waals surface area contributed by atoms with Gasteiger partial charge in [0.2, 0.25) is 10.0 Å². The van der Waals surface area contributed by atoms with Crippen molar-refractivity contribution in [3.8, 4) is 11.1 Å². The van der Waals surface area contributed by atoms with E-state index in [1.54, 1.807) is 24.4 Å². The van der Waals surface area contributed by atoms with Crippen molar-refractivity contribution in [1.82, 2.24) is 10.3 Å². The summed E-state index contributed by atoms with van der Waals surface area (Å²) in [5.74, 6) is 0.432. The Balaban J connectivity index is 2.09. The van der Waals surface area contributed by atoms with E-state index in [1.165, 1.54) is 12.1 Å². The van der Waals surface area contributed by atoms with Crippen LogP contribution < -0.4 is 15.8 Å². The molecule has 0 aliphatic heterocycles. The highest BCUT2D eigenvalue weighted by atomic mass is 32.2. The van der Waals surface area contributed by atoms with Gasteiger partial charge in [-0.2, -0.15) is 0 Å². The number of sulfonamides is 1. The van der Waals surface area contributed by atoms with E-state index < -0.39 is 10.0 Å². The zero-order valence-electron chi connectivity index (χ0n) is 15.0. The Morgan fingerprint density at radius 1 is 1.11 bits per heavy atom. The van der Waals surface area contributed by atoms with E-state index in [0.717, 1.165) is 27.5 Å². The van der Waals surface area contributed by atoms with E-state index in [9.17, 15) is 13.2 Å². The Labute approximate surface area is 157 Å². The molecule has 4 N–H and O–H groups in total. The molecule has 0 aliphatic carbocycles. The molecule has 2 aromatic carbocycles. The van der Waals surface area contributed by atoms with Gasteiger partial charge in [-0.3, -0.25) is 5.32 Å². The van der Waals surface area contributed by atoms with Crippen LogP contribution in [0.4, 0.5) is 10.6 Å². The molecule has 0 spiro atoms. The van der Waals surface area contributed by atoms with E-state index in [-0.39, 0.29) is 10.9 Å². The number of fused-ring (bicyclic) bond motifs is 1. The van der Waals surface area contributed by atoms with E-state index >= 15 is 0 Å². The molecule has 1 heterocycles. The van der Waals surface area contributed by atoms with E-state index in [2.05, 4.69) is 15.6 Å². The van der Waals surface area contributed by atoms with Gasteiger partial charge in [0.15, 0.2) is 0 Å². The lowest BCUT2D eigenvalue weighted by Crippen LogP contribution is -2.28. The van der Waals surface area contributed by atoms with Crippen molar-refractivity contribution in [2.75, 3.05) is 11.9 Å². The first kappa shape index (κ1) is 18.8. The predicted octanol–water partition coefficient (Wildman–Crippen LogP) is 3.00. The molecule has 0 aliphatic rings. The molecule has 0 unspecified atom stereocenters. The van der Waals surface area contributed by atoms with Crippen LogP contribution >= 0.6 is 0 Å². The Morgan fingerprint density at radius 2 is 1.81 bits per heavy atom. The molecule has 7 nitrogen and oxygen atoms in total. The van der Waals surface area contributed by atoms with Crippen LogP contribution in [0.3, 0.4) is 0 Å². The number of nitrogens with one attached hydrogen (secondary N) is 2. The van der Waals surface area contributed by atoms with Crippen molar-refractivity contribution < 1.29 is 13.2 Å². The highest BCUT2D eigenvalue weighted by Gasteiger charge is 2.11. The summed E-state index contributed by atoms with van der Waals surface area (Å²) in [6.45, 7) is 4.33. The highest BCUT2D eigenvalue weighted by Crippen LogP contribution is 2.32. The molecular formula is C19H20N4O3S. The third-order valence-electron chi connectivity index (χ3n) is 4.19. The lowest BCUT2D eigenvalue weighted by Gasteiger charge is -2.12. The summed E-state index contributed by atoms with van der Waals surface area (Å²) >= 11 is 0. The number of carbonyl (C=O) groups excluding carboxylic acids is 1. The number of nitrogens with zero attached hydrogens (tertiary/aromatic N) is 1. The van der Waals surface area contributed by atoms with E-state index in [1.807, 2.05) is 26.0 Å². The van der Waals surface area contributed by atoms with E-state index in [0.29, 0.717) is 12.4 Å². The van der Waals surface area contributed by atoms with Crippen molar-refractivity contribution in [2.24, 2.45) is 5.14 Å². The maximum Gasteiger partial charge on any atom is 0.320 e. The summed E-state index contributed by atoms with van der Waals surface area (Å²) in [5.41, 5.74) is 2.78. The SMILES string of the molecule is CCNC(=O)Nc1cc2c(-c3ccc(S(N)(=O)=O)cc3)ccc(C)c2cn1. The number of urea groups is 1. The lowest BCUT2D eigenvalue weighted by atomic mass is 9.97. The molecule has 0 saturated heterocycles. The average molecular weight is 384 g/mol. The molecule has 8 heteroatoms. The number of benzene rings is 2. The van der Waals surface area contributed by atoms with Crippen LogP contribution in [0.2, 0.25) is 0 Å². The second kappa shape index (κ2) is 7.34. The van der Waals surface area contributed by atoms with Crippen LogP contribution in [0.1, 0.15) is 12.5 Å². The number of anilines is 1. The molecule has 0 radical (unpaired) electrons. The molecule has 3 rings (SSSR count). The van der Waals surface area contributed by atoms with Gasteiger partial charge in [-0.1, -0.05) is 24.3 Å². The number of amides is 2. The van der Waals surface area contributed by atoms with E-state index in [4.69, 9.17) is 5.14 Å². The van der Waals surface area contributed by atoms with Gasteiger partial charge in [-0.15, -0.1) is 0 Å². The van der Waals surface area contributed by atoms with Crippen LogP contribution in [-0.4, -0.2) is 26.0 Å². The van der Waals surface area contributed by atoms with Gasteiger partial charge in [0.25, 0.3) is 0 Å². The van der Waals surface area contributed by atoms with Crippen molar-refractivity contribution >= 4 is 32.6 Å². The average Bonchev–Trinajstić information content (AvgIpc) is 2.61. The van der Waals surface area contributed by atoms with Gasteiger partial charge < -0.3 is 5.32 Å². The zero-order chi connectivity index (χ0) is 19.6. The summed E-state index contributed by atoms with van der Waals surface area (Å²) in [7, 11) is -3.74. The van der Waals surface area contributed by atoms with Crippen molar-refractivity contribution in [2.45, 2.75) is 18.7 Å². The topological polar surface area (TPSA) is 114 Å². The predicted molar refractivity (Wildman–Crippen MR) is 106 cm³/mol. The number of nitrogens with two attached hydrogens (primary N) is 1. The Morgan fingerprint density at radius 3 is 2.44 bits per heavy atom. The maximum atomic E-state index is 11.8. The number of aromatic nitrogens is 1. The smallest absolute Gasteiger partial charge is 0.320 e. The maximum absolute atomic E-state index is 11.8. The fourth-order valence-corrected chi connectivity index (χ4v) is 3.36. The molecule has 0 bridgehead atoms. The van der Waals surface area contributed by atoms with Crippen molar-refractivity contribution in [1.29, 1.82) is 0 Å². The first-order valence-electron chi connectivity index (χ1n) is 8.37. The molecule has 0 fully saturated rings. The van der Waals surface area contributed by atoms with Crippen LogP contribution in [0.25, 0.3) is 21.9 Å². The second-order valence-corrected chi connectivity index (χ2v) is 7.66. The number of primary sulfonamides is 1. The lowest BCUT2D eigenvalue weighted by molar-refractivity contribution is 0.252. The normalized spacial score (nSPS) is 11.4. The molecule has 27 heavy (non-hydrogen) atoms. The third-order valence-corrected chi connectivity index (χ3v) is 5.12. The molecule has 0 atom stereocenters. The first-order valence-corrected chi connectivity index (χ1v) is 9.91. The monoisotopic (exact) mass is 384 g/mol.